The van der Waals surface area contributed by atoms with Crippen LogP contribution in [0.15, 0.2) is 18.2 Å². The number of anilines is 1. The molecule has 2 aromatic rings. The normalized spacial score (nSPS) is 10.9. The van der Waals surface area contributed by atoms with Gasteiger partial charge < -0.3 is 9.88 Å². The molecule has 6 nitrogen and oxygen atoms in total. The van der Waals surface area contributed by atoms with Gasteiger partial charge in [-0.2, -0.15) is 0 Å². The molecule has 7 heteroatoms. The van der Waals surface area contributed by atoms with Crippen LogP contribution < -0.4 is 4.90 Å². The summed E-state index contributed by atoms with van der Waals surface area (Å²) < 4.78 is 0. The predicted octanol–water partition coefficient (Wildman–Crippen LogP) is 3.32. The maximum atomic E-state index is 10.7. The molecule has 0 amide bonds. The third-order valence-electron chi connectivity index (χ3n) is 3.15. The predicted molar refractivity (Wildman–Crippen MR) is 80.6 cm³/mol. The molecule has 0 aliphatic heterocycles. The van der Waals surface area contributed by atoms with E-state index in [4.69, 9.17) is 11.6 Å². The third-order valence-corrected chi connectivity index (χ3v) is 3.42. The minimum absolute atomic E-state index is 0.0671. The number of non-ortho nitro benzene ring substituents is 1. The van der Waals surface area contributed by atoms with Crippen molar-refractivity contribution >= 4 is 34.3 Å². The number of nitro benzene ring substituents is 1. The molecule has 1 aromatic carbocycles. The Kier molecular flexibility index (Phi) is 4.79. The van der Waals surface area contributed by atoms with Gasteiger partial charge in [-0.3, -0.25) is 10.1 Å². The molecule has 0 atom stereocenters. The van der Waals surface area contributed by atoms with E-state index in [9.17, 15) is 10.1 Å². The van der Waals surface area contributed by atoms with E-state index in [1.165, 1.54) is 12.1 Å². The molecule has 1 N–H and O–H groups in total. The van der Waals surface area contributed by atoms with Crippen molar-refractivity contribution < 1.29 is 4.92 Å². The standard InChI is InChI=1S/C13H17ClN4O2/c1-17(8-4-2-3-7-14)13-15-11-6-5-10(18(19)20)9-12(11)16-13/h5-6,9H,2-4,7-8H2,1H3,(H,15,16). The van der Waals surface area contributed by atoms with E-state index in [1.807, 2.05) is 11.9 Å². The number of aromatic nitrogens is 2. The van der Waals surface area contributed by atoms with Crippen molar-refractivity contribution in [2.45, 2.75) is 19.3 Å². The van der Waals surface area contributed by atoms with E-state index in [2.05, 4.69) is 9.97 Å². The van der Waals surface area contributed by atoms with E-state index in [0.717, 1.165) is 37.3 Å². The molecule has 0 saturated carbocycles. The van der Waals surface area contributed by atoms with Gasteiger partial charge in [-0.15, -0.1) is 11.6 Å². The topological polar surface area (TPSA) is 75.1 Å². The summed E-state index contributed by atoms with van der Waals surface area (Å²) in [5.74, 6) is 1.42. The Hall–Kier alpha value is -1.82. The first-order valence-corrected chi connectivity index (χ1v) is 7.06. The summed E-state index contributed by atoms with van der Waals surface area (Å²) in [4.78, 5) is 19.9. The first kappa shape index (κ1) is 14.6. The monoisotopic (exact) mass is 296 g/mol. The molecule has 0 aliphatic rings. The number of hydrogen-bond donors (Lipinski definition) is 1. The molecule has 0 unspecified atom stereocenters. The largest absolute Gasteiger partial charge is 0.345 e. The number of nitrogens with zero attached hydrogens (tertiary/aromatic N) is 3. The summed E-state index contributed by atoms with van der Waals surface area (Å²) >= 11 is 5.64. The lowest BCUT2D eigenvalue weighted by Gasteiger charge is -2.15. The lowest BCUT2D eigenvalue weighted by molar-refractivity contribution is -0.384. The number of halogens is 1. The Labute approximate surface area is 121 Å². The van der Waals surface area contributed by atoms with Crippen LogP contribution in [0.5, 0.6) is 0 Å². The van der Waals surface area contributed by atoms with E-state index in [1.54, 1.807) is 6.07 Å². The van der Waals surface area contributed by atoms with Crippen LogP contribution in [0.2, 0.25) is 0 Å². The minimum Gasteiger partial charge on any atom is -0.345 e. The molecule has 1 heterocycles. The van der Waals surface area contributed by atoms with Gasteiger partial charge in [-0.25, -0.2) is 4.98 Å². The summed E-state index contributed by atoms with van der Waals surface area (Å²) in [7, 11) is 1.95. The number of H-pyrrole nitrogens is 1. The van der Waals surface area contributed by atoms with Crippen LogP contribution in [0.3, 0.4) is 0 Å². The van der Waals surface area contributed by atoms with Gasteiger partial charge in [-0.05, 0) is 18.9 Å². The van der Waals surface area contributed by atoms with Crippen molar-refractivity contribution in [3.05, 3.63) is 28.3 Å². The lowest BCUT2D eigenvalue weighted by atomic mass is 10.2. The summed E-state index contributed by atoms with van der Waals surface area (Å²) in [6.45, 7) is 0.874. The van der Waals surface area contributed by atoms with Gasteiger partial charge in [0.15, 0.2) is 0 Å². The highest BCUT2D eigenvalue weighted by atomic mass is 35.5. The number of unbranched alkanes of at least 4 members (excludes halogenated alkanes) is 2. The molecule has 2 rings (SSSR count). The summed E-state index contributed by atoms with van der Waals surface area (Å²) in [6.07, 6.45) is 3.14. The Morgan fingerprint density at radius 3 is 2.90 bits per heavy atom. The van der Waals surface area contributed by atoms with E-state index >= 15 is 0 Å². The first-order valence-electron chi connectivity index (χ1n) is 6.53. The Morgan fingerprint density at radius 1 is 1.40 bits per heavy atom. The Bertz CT molecular complexity index is 599. The highest BCUT2D eigenvalue weighted by Gasteiger charge is 2.11. The Balaban J connectivity index is 2.08. The number of fused-ring (bicyclic) bond motifs is 1. The number of nitro groups is 1. The van der Waals surface area contributed by atoms with Crippen LogP contribution in [0.1, 0.15) is 19.3 Å². The smallest absolute Gasteiger partial charge is 0.271 e. The second-order valence-electron chi connectivity index (χ2n) is 4.69. The van der Waals surface area contributed by atoms with Crippen LogP contribution in [0.4, 0.5) is 11.6 Å². The number of nitrogens with one attached hydrogen (secondary N) is 1. The molecular formula is C13H17ClN4O2. The van der Waals surface area contributed by atoms with E-state index < -0.39 is 4.92 Å². The molecule has 0 radical (unpaired) electrons. The van der Waals surface area contributed by atoms with Gasteiger partial charge >= 0.3 is 0 Å². The van der Waals surface area contributed by atoms with Crippen LogP contribution >= 0.6 is 11.6 Å². The SMILES string of the molecule is CN(CCCCCCl)c1nc2ccc([N+](=O)[O-])cc2[nH]1. The van der Waals surface area contributed by atoms with Gasteiger partial charge in [0.25, 0.3) is 5.69 Å². The zero-order chi connectivity index (χ0) is 14.5. The van der Waals surface area contributed by atoms with Crippen LogP contribution in [0, 0.1) is 10.1 Å². The number of hydrogen-bond acceptors (Lipinski definition) is 4. The van der Waals surface area contributed by atoms with Crippen molar-refractivity contribution in [1.82, 2.24) is 9.97 Å². The fourth-order valence-electron chi connectivity index (χ4n) is 2.00. The van der Waals surface area contributed by atoms with Crippen LogP contribution in [0.25, 0.3) is 11.0 Å². The highest BCUT2D eigenvalue weighted by Crippen LogP contribution is 2.21. The van der Waals surface area contributed by atoms with Crippen LogP contribution in [-0.4, -0.2) is 34.4 Å². The number of rotatable bonds is 7. The number of imidazole rings is 1. The quantitative estimate of drug-likeness (QED) is 0.368. The molecule has 0 aliphatic carbocycles. The molecule has 0 saturated heterocycles. The molecule has 1 aromatic heterocycles. The summed E-state index contributed by atoms with van der Waals surface area (Å²) in [5, 5.41) is 10.7. The second-order valence-corrected chi connectivity index (χ2v) is 5.07. The maximum Gasteiger partial charge on any atom is 0.271 e. The van der Waals surface area contributed by atoms with Gasteiger partial charge in [0, 0.05) is 31.6 Å². The summed E-state index contributed by atoms with van der Waals surface area (Å²) in [6, 6.07) is 4.63. The van der Waals surface area contributed by atoms with Crippen molar-refractivity contribution in [3.8, 4) is 0 Å². The first-order chi connectivity index (χ1) is 9.61. The molecule has 0 bridgehead atoms. The number of aromatic amines is 1. The number of alkyl halides is 1. The fourth-order valence-corrected chi connectivity index (χ4v) is 2.19. The number of benzene rings is 1. The molecular weight excluding hydrogens is 280 g/mol. The van der Waals surface area contributed by atoms with Gasteiger partial charge in [-0.1, -0.05) is 6.42 Å². The third kappa shape index (κ3) is 3.39. The van der Waals surface area contributed by atoms with Gasteiger partial charge in [0.1, 0.15) is 0 Å². The highest BCUT2D eigenvalue weighted by molar-refractivity contribution is 6.17. The molecule has 108 valence electrons. The molecule has 0 spiro atoms. The molecule has 20 heavy (non-hydrogen) atoms. The lowest BCUT2D eigenvalue weighted by Crippen LogP contribution is -2.19. The van der Waals surface area contributed by atoms with Gasteiger partial charge in [0.2, 0.25) is 5.95 Å². The van der Waals surface area contributed by atoms with E-state index in [0.29, 0.717) is 11.4 Å². The van der Waals surface area contributed by atoms with Crippen molar-refractivity contribution in [1.29, 1.82) is 0 Å². The second kappa shape index (κ2) is 6.56. The average Bonchev–Trinajstić information content (AvgIpc) is 2.86. The van der Waals surface area contributed by atoms with E-state index in [-0.39, 0.29) is 5.69 Å². The summed E-state index contributed by atoms with van der Waals surface area (Å²) in [5.41, 5.74) is 1.48. The Morgan fingerprint density at radius 2 is 2.20 bits per heavy atom. The maximum absolute atomic E-state index is 10.7. The van der Waals surface area contributed by atoms with Crippen molar-refractivity contribution in [3.63, 3.8) is 0 Å². The fraction of sp³-hybridized carbons (Fsp3) is 0.462. The minimum atomic E-state index is -0.407. The van der Waals surface area contributed by atoms with Crippen LogP contribution in [-0.2, 0) is 0 Å². The average molecular weight is 297 g/mol. The van der Waals surface area contributed by atoms with Gasteiger partial charge in [0.05, 0.1) is 16.0 Å². The zero-order valence-electron chi connectivity index (χ0n) is 11.3. The van der Waals surface area contributed by atoms with Crippen molar-refractivity contribution in [2.24, 2.45) is 0 Å². The zero-order valence-corrected chi connectivity index (χ0v) is 12.1. The molecule has 0 fully saturated rings. The van der Waals surface area contributed by atoms with Crippen molar-refractivity contribution in [2.75, 3.05) is 24.4 Å².